The van der Waals surface area contributed by atoms with E-state index in [1.54, 1.807) is 0 Å². The van der Waals surface area contributed by atoms with E-state index in [1.807, 2.05) is 0 Å². The largest absolute Gasteiger partial charge is 0.316 e. The zero-order valence-corrected chi connectivity index (χ0v) is 11.4. The van der Waals surface area contributed by atoms with Crippen molar-refractivity contribution in [2.45, 2.75) is 32.6 Å². The van der Waals surface area contributed by atoms with Crippen LogP contribution >= 0.6 is 15.9 Å². The second-order valence-electron chi connectivity index (χ2n) is 4.54. The molecule has 0 unspecified atom stereocenters. The van der Waals surface area contributed by atoms with E-state index in [-0.39, 0.29) is 5.41 Å². The molecule has 2 heteroatoms. The molecule has 1 rings (SSSR count). The first-order valence-corrected chi connectivity index (χ1v) is 6.33. The number of hydrogen-bond donors (Lipinski definition) is 1. The van der Waals surface area contributed by atoms with E-state index >= 15 is 0 Å². The highest BCUT2D eigenvalue weighted by Gasteiger charge is 2.21. The van der Waals surface area contributed by atoms with E-state index < -0.39 is 0 Å². The van der Waals surface area contributed by atoms with Crippen LogP contribution in [0.3, 0.4) is 0 Å². The van der Waals surface area contributed by atoms with E-state index in [2.05, 4.69) is 66.3 Å². The maximum Gasteiger partial charge on any atom is 0.0213 e. The van der Waals surface area contributed by atoms with Gasteiger partial charge in [-0.05, 0) is 24.6 Å². The van der Waals surface area contributed by atoms with Gasteiger partial charge in [0.2, 0.25) is 0 Å². The van der Waals surface area contributed by atoms with Crippen molar-refractivity contribution in [2.75, 3.05) is 13.1 Å². The number of rotatable bonds is 5. The first kappa shape index (κ1) is 12.7. The van der Waals surface area contributed by atoms with E-state index in [0.717, 1.165) is 13.1 Å². The van der Waals surface area contributed by atoms with Gasteiger partial charge < -0.3 is 5.32 Å². The van der Waals surface area contributed by atoms with Gasteiger partial charge in [-0.25, -0.2) is 0 Å². The molecule has 0 aliphatic heterocycles. The minimum absolute atomic E-state index is 0.176. The highest BCUT2D eigenvalue weighted by molar-refractivity contribution is 9.10. The Morgan fingerprint density at radius 1 is 1.27 bits per heavy atom. The van der Waals surface area contributed by atoms with Crippen LogP contribution in [0.1, 0.15) is 32.8 Å². The summed E-state index contributed by atoms with van der Waals surface area (Å²) >= 11 is 3.61. The Morgan fingerprint density at radius 3 is 2.53 bits per heavy atom. The molecule has 0 radical (unpaired) electrons. The Hall–Kier alpha value is -0.340. The van der Waals surface area contributed by atoms with Crippen molar-refractivity contribution in [3.63, 3.8) is 0 Å². The molecule has 0 heterocycles. The minimum atomic E-state index is 0.176. The number of halogens is 1. The molecule has 0 aromatic heterocycles. The van der Waals surface area contributed by atoms with Crippen molar-refractivity contribution in [1.82, 2.24) is 5.32 Å². The first-order chi connectivity index (χ1) is 7.08. The van der Waals surface area contributed by atoms with Crippen molar-refractivity contribution in [1.29, 1.82) is 0 Å². The summed E-state index contributed by atoms with van der Waals surface area (Å²) in [6, 6.07) is 8.46. The molecule has 1 aromatic carbocycles. The number of benzene rings is 1. The molecule has 0 amide bonds. The van der Waals surface area contributed by atoms with Gasteiger partial charge in [-0.15, -0.1) is 0 Å². The summed E-state index contributed by atoms with van der Waals surface area (Å²) in [5.41, 5.74) is 1.54. The zero-order valence-electron chi connectivity index (χ0n) is 9.81. The Balaban J connectivity index is 2.72. The average Bonchev–Trinajstić information content (AvgIpc) is 2.18. The van der Waals surface area contributed by atoms with Gasteiger partial charge in [-0.2, -0.15) is 0 Å². The van der Waals surface area contributed by atoms with E-state index in [9.17, 15) is 0 Å². The molecular weight excluding hydrogens is 250 g/mol. The van der Waals surface area contributed by atoms with Gasteiger partial charge in [0.25, 0.3) is 0 Å². The molecule has 0 saturated heterocycles. The highest BCUT2D eigenvalue weighted by Crippen LogP contribution is 2.29. The van der Waals surface area contributed by atoms with Gasteiger partial charge in [-0.3, -0.25) is 0 Å². The Morgan fingerprint density at radius 2 is 1.93 bits per heavy atom. The molecule has 0 aliphatic rings. The molecule has 0 bridgehead atoms. The van der Waals surface area contributed by atoms with E-state index in [1.165, 1.54) is 16.5 Å². The van der Waals surface area contributed by atoms with Gasteiger partial charge in [-0.1, -0.05) is 54.9 Å². The van der Waals surface area contributed by atoms with Crippen LogP contribution in [0.2, 0.25) is 0 Å². The molecule has 0 fully saturated rings. The molecule has 0 aliphatic carbocycles. The second-order valence-corrected chi connectivity index (χ2v) is 5.39. The van der Waals surface area contributed by atoms with Crippen LogP contribution in [-0.4, -0.2) is 13.1 Å². The van der Waals surface area contributed by atoms with Crippen LogP contribution in [-0.2, 0) is 5.41 Å². The first-order valence-electron chi connectivity index (χ1n) is 5.53. The summed E-state index contributed by atoms with van der Waals surface area (Å²) in [7, 11) is 0. The van der Waals surface area contributed by atoms with Crippen LogP contribution in [0.5, 0.6) is 0 Å². The average molecular weight is 270 g/mol. The lowest BCUT2D eigenvalue weighted by Gasteiger charge is -2.26. The summed E-state index contributed by atoms with van der Waals surface area (Å²) in [6.07, 6.45) is 1.19. The van der Waals surface area contributed by atoms with E-state index in [0.29, 0.717) is 0 Å². The highest BCUT2D eigenvalue weighted by atomic mass is 79.9. The summed E-state index contributed by atoms with van der Waals surface area (Å²) in [5, 5.41) is 3.48. The lowest BCUT2D eigenvalue weighted by atomic mass is 9.84. The molecule has 84 valence electrons. The van der Waals surface area contributed by atoms with Gasteiger partial charge in [0, 0.05) is 16.4 Å². The molecule has 0 spiro atoms. The fourth-order valence-electron chi connectivity index (χ4n) is 1.68. The van der Waals surface area contributed by atoms with Gasteiger partial charge in [0.05, 0.1) is 0 Å². The Kier molecular flexibility index (Phi) is 4.81. The smallest absolute Gasteiger partial charge is 0.0213 e. The maximum absolute atomic E-state index is 3.61. The van der Waals surface area contributed by atoms with Crippen molar-refractivity contribution in [3.05, 3.63) is 34.3 Å². The quantitative estimate of drug-likeness (QED) is 0.804. The van der Waals surface area contributed by atoms with Crippen LogP contribution in [0.4, 0.5) is 0 Å². The predicted octanol–water partition coefficient (Wildman–Crippen LogP) is 3.73. The predicted molar refractivity (Wildman–Crippen MR) is 70.3 cm³/mol. The minimum Gasteiger partial charge on any atom is -0.316 e. The molecular formula is C13H20BrN. The SMILES string of the molecule is CCCNCC(C)(C)c1ccccc1Br. The summed E-state index contributed by atoms with van der Waals surface area (Å²) < 4.78 is 1.20. The monoisotopic (exact) mass is 269 g/mol. The third-order valence-corrected chi connectivity index (χ3v) is 3.29. The van der Waals surface area contributed by atoms with Crippen LogP contribution < -0.4 is 5.32 Å². The molecule has 0 atom stereocenters. The van der Waals surface area contributed by atoms with Crippen molar-refractivity contribution >= 4 is 15.9 Å². The van der Waals surface area contributed by atoms with Gasteiger partial charge in [0.15, 0.2) is 0 Å². The van der Waals surface area contributed by atoms with Crippen LogP contribution in [0, 0.1) is 0 Å². The lowest BCUT2D eigenvalue weighted by molar-refractivity contribution is 0.468. The summed E-state index contributed by atoms with van der Waals surface area (Å²) in [6.45, 7) is 8.85. The van der Waals surface area contributed by atoms with Crippen molar-refractivity contribution < 1.29 is 0 Å². The fourth-order valence-corrected chi connectivity index (χ4v) is 2.50. The molecule has 15 heavy (non-hydrogen) atoms. The number of hydrogen-bond acceptors (Lipinski definition) is 1. The number of nitrogens with one attached hydrogen (secondary N) is 1. The van der Waals surface area contributed by atoms with Gasteiger partial charge in [0.1, 0.15) is 0 Å². The van der Waals surface area contributed by atoms with Gasteiger partial charge >= 0.3 is 0 Å². The fraction of sp³-hybridized carbons (Fsp3) is 0.538. The topological polar surface area (TPSA) is 12.0 Å². The molecule has 1 aromatic rings. The Bertz CT molecular complexity index is 307. The Labute approximate surface area is 101 Å². The lowest BCUT2D eigenvalue weighted by Crippen LogP contribution is -2.33. The van der Waals surface area contributed by atoms with Crippen LogP contribution in [0.15, 0.2) is 28.7 Å². The maximum atomic E-state index is 3.61. The normalized spacial score (nSPS) is 11.7. The molecule has 1 N–H and O–H groups in total. The molecule has 1 nitrogen and oxygen atoms in total. The second kappa shape index (κ2) is 5.66. The van der Waals surface area contributed by atoms with Crippen LogP contribution in [0.25, 0.3) is 0 Å². The third-order valence-electron chi connectivity index (χ3n) is 2.60. The third kappa shape index (κ3) is 3.62. The molecule has 0 saturated carbocycles. The van der Waals surface area contributed by atoms with Crippen molar-refractivity contribution in [2.24, 2.45) is 0 Å². The standard InChI is InChI=1S/C13H20BrN/c1-4-9-15-10-13(2,3)11-7-5-6-8-12(11)14/h5-8,15H,4,9-10H2,1-3H3. The summed E-state index contributed by atoms with van der Waals surface area (Å²) in [4.78, 5) is 0. The summed E-state index contributed by atoms with van der Waals surface area (Å²) in [5.74, 6) is 0. The zero-order chi connectivity index (χ0) is 11.3. The van der Waals surface area contributed by atoms with E-state index in [4.69, 9.17) is 0 Å². The van der Waals surface area contributed by atoms with Crippen molar-refractivity contribution in [3.8, 4) is 0 Å².